The lowest BCUT2D eigenvalue weighted by Crippen LogP contribution is -2.45. The summed E-state index contributed by atoms with van der Waals surface area (Å²) in [6.07, 6.45) is -0.888. The van der Waals surface area contributed by atoms with Gasteiger partial charge in [0.2, 0.25) is 5.95 Å². The number of likely N-dealkylation sites (N-methyl/N-ethyl adjacent to an activating group) is 1. The van der Waals surface area contributed by atoms with Crippen molar-refractivity contribution in [1.29, 1.82) is 0 Å². The van der Waals surface area contributed by atoms with Crippen LogP contribution in [0.15, 0.2) is 27.8 Å². The Kier molecular flexibility index (Phi) is 6.81. The number of hydrogen-bond donors (Lipinski definition) is 2. The smallest absolute Gasteiger partial charge is 0.329 e. The topological polar surface area (TPSA) is 109 Å². The first-order valence-electron chi connectivity index (χ1n) is 11.7. The molecule has 1 aliphatic rings. The second kappa shape index (κ2) is 9.63. The van der Waals surface area contributed by atoms with E-state index >= 15 is 0 Å². The highest BCUT2D eigenvalue weighted by atomic mass is 16.5. The Morgan fingerprint density at radius 3 is 2.53 bits per heavy atom. The standard InChI is InChI=1S/C24H34N6O4/c1-15(2)18-7-6-16(3)12-19(18)34-14-17(31)13-30-20-21(28(5)24(33)26-22(20)32)25-23(30)29-10-8-27(4)9-11-29/h6-7,12,15,17,31H,8-11,13-14H2,1-5H3,(H,26,32,33). The monoisotopic (exact) mass is 470 g/mol. The fraction of sp³-hybridized carbons (Fsp3) is 0.542. The number of nitrogens with zero attached hydrogens (tertiary/aromatic N) is 5. The van der Waals surface area contributed by atoms with Gasteiger partial charge in [0.15, 0.2) is 11.2 Å². The molecule has 3 heterocycles. The third kappa shape index (κ3) is 4.74. The number of aliphatic hydroxyl groups is 1. The summed E-state index contributed by atoms with van der Waals surface area (Å²) in [5.74, 6) is 1.62. The maximum atomic E-state index is 12.8. The van der Waals surface area contributed by atoms with E-state index in [0.29, 0.717) is 11.6 Å². The molecular formula is C24H34N6O4. The molecule has 0 bridgehead atoms. The Bertz CT molecular complexity index is 1280. The molecule has 184 valence electrons. The molecule has 1 unspecified atom stereocenters. The van der Waals surface area contributed by atoms with E-state index in [2.05, 4.69) is 52.8 Å². The minimum atomic E-state index is -0.888. The molecule has 1 aromatic carbocycles. The van der Waals surface area contributed by atoms with Gasteiger partial charge in [-0.2, -0.15) is 4.98 Å². The third-order valence-corrected chi connectivity index (χ3v) is 6.39. The molecule has 1 fully saturated rings. The maximum absolute atomic E-state index is 12.8. The van der Waals surface area contributed by atoms with E-state index in [4.69, 9.17) is 4.74 Å². The van der Waals surface area contributed by atoms with Gasteiger partial charge < -0.3 is 24.2 Å². The summed E-state index contributed by atoms with van der Waals surface area (Å²) >= 11 is 0. The fourth-order valence-corrected chi connectivity index (χ4v) is 4.34. The molecule has 2 aromatic heterocycles. The van der Waals surface area contributed by atoms with Crippen molar-refractivity contribution in [1.82, 2.24) is 24.0 Å². The van der Waals surface area contributed by atoms with Crippen molar-refractivity contribution in [2.75, 3.05) is 44.7 Å². The number of hydrogen-bond acceptors (Lipinski definition) is 7. The van der Waals surface area contributed by atoms with Gasteiger partial charge in [0.25, 0.3) is 5.56 Å². The van der Waals surface area contributed by atoms with Gasteiger partial charge in [-0.1, -0.05) is 26.0 Å². The predicted octanol–water partition coefficient (Wildman–Crippen LogP) is 1.05. The number of imidazole rings is 1. The van der Waals surface area contributed by atoms with E-state index in [9.17, 15) is 14.7 Å². The molecule has 0 aliphatic carbocycles. The van der Waals surface area contributed by atoms with Crippen LogP contribution in [-0.4, -0.2) is 75.0 Å². The Morgan fingerprint density at radius 1 is 1.15 bits per heavy atom. The lowest BCUT2D eigenvalue weighted by atomic mass is 10.0. The largest absolute Gasteiger partial charge is 0.491 e. The molecule has 1 aliphatic heterocycles. The van der Waals surface area contributed by atoms with Crippen LogP contribution in [-0.2, 0) is 13.6 Å². The predicted molar refractivity (Wildman–Crippen MR) is 132 cm³/mol. The summed E-state index contributed by atoms with van der Waals surface area (Å²) in [6, 6.07) is 6.08. The van der Waals surface area contributed by atoms with Crippen LogP contribution in [0.3, 0.4) is 0 Å². The number of aromatic amines is 1. The van der Waals surface area contributed by atoms with Crippen molar-refractivity contribution in [3.8, 4) is 5.75 Å². The highest BCUT2D eigenvalue weighted by Gasteiger charge is 2.25. The van der Waals surface area contributed by atoms with Crippen molar-refractivity contribution in [2.45, 2.75) is 39.3 Å². The molecular weight excluding hydrogens is 436 g/mol. The Morgan fingerprint density at radius 2 is 1.85 bits per heavy atom. The van der Waals surface area contributed by atoms with Crippen LogP contribution in [0.5, 0.6) is 5.75 Å². The molecule has 4 rings (SSSR count). The van der Waals surface area contributed by atoms with Gasteiger partial charge in [-0.3, -0.25) is 14.3 Å². The van der Waals surface area contributed by atoms with E-state index in [-0.39, 0.29) is 24.6 Å². The molecule has 2 N–H and O–H groups in total. The van der Waals surface area contributed by atoms with Gasteiger partial charge in [-0.05, 0) is 37.1 Å². The van der Waals surface area contributed by atoms with Crippen LogP contribution in [0, 0.1) is 6.92 Å². The van der Waals surface area contributed by atoms with Gasteiger partial charge in [0.1, 0.15) is 18.5 Å². The van der Waals surface area contributed by atoms with Crippen LogP contribution in [0.1, 0.15) is 30.9 Å². The number of anilines is 1. The number of aromatic nitrogens is 4. The molecule has 3 aromatic rings. The average Bonchev–Trinajstić information content (AvgIpc) is 3.16. The summed E-state index contributed by atoms with van der Waals surface area (Å²) in [6.45, 7) is 9.57. The number of aliphatic hydroxyl groups excluding tert-OH is 1. The lowest BCUT2D eigenvalue weighted by Gasteiger charge is -2.33. The number of H-pyrrole nitrogens is 1. The highest BCUT2D eigenvalue weighted by molar-refractivity contribution is 5.74. The SMILES string of the molecule is Cc1ccc(C(C)C)c(OCC(O)Cn2c(N3CCN(C)CC3)nc3c2c(=O)[nH]c(=O)n3C)c1. The molecule has 10 heteroatoms. The highest BCUT2D eigenvalue weighted by Crippen LogP contribution is 2.28. The van der Waals surface area contributed by atoms with Gasteiger partial charge in [-0.15, -0.1) is 0 Å². The van der Waals surface area contributed by atoms with Crippen LogP contribution in [0.2, 0.25) is 0 Å². The zero-order chi connectivity index (χ0) is 24.6. The third-order valence-electron chi connectivity index (χ3n) is 6.39. The normalized spacial score (nSPS) is 15.9. The lowest BCUT2D eigenvalue weighted by molar-refractivity contribution is 0.0929. The summed E-state index contributed by atoms with van der Waals surface area (Å²) in [7, 11) is 3.64. The van der Waals surface area contributed by atoms with Gasteiger partial charge in [0, 0.05) is 33.2 Å². The number of nitrogens with one attached hydrogen (secondary N) is 1. The fourth-order valence-electron chi connectivity index (χ4n) is 4.34. The zero-order valence-corrected chi connectivity index (χ0v) is 20.5. The summed E-state index contributed by atoms with van der Waals surface area (Å²) < 4.78 is 9.07. The quantitative estimate of drug-likeness (QED) is 0.531. The summed E-state index contributed by atoms with van der Waals surface area (Å²) in [5.41, 5.74) is 1.70. The molecule has 0 radical (unpaired) electrons. The van der Waals surface area contributed by atoms with Crippen molar-refractivity contribution in [3.05, 3.63) is 50.2 Å². The van der Waals surface area contributed by atoms with Crippen molar-refractivity contribution >= 4 is 17.1 Å². The zero-order valence-electron chi connectivity index (χ0n) is 20.5. The van der Waals surface area contributed by atoms with Crippen molar-refractivity contribution in [3.63, 3.8) is 0 Å². The van der Waals surface area contributed by atoms with Crippen molar-refractivity contribution < 1.29 is 9.84 Å². The molecule has 0 amide bonds. The van der Waals surface area contributed by atoms with Crippen molar-refractivity contribution in [2.24, 2.45) is 7.05 Å². The first-order chi connectivity index (χ1) is 16.2. The molecule has 0 spiro atoms. The minimum absolute atomic E-state index is 0.0642. The van der Waals surface area contributed by atoms with Gasteiger partial charge in [0.05, 0.1) is 6.54 Å². The number of benzene rings is 1. The second-order valence-corrected chi connectivity index (χ2v) is 9.46. The Labute approximate surface area is 198 Å². The average molecular weight is 471 g/mol. The van der Waals surface area contributed by atoms with E-state index in [1.807, 2.05) is 13.0 Å². The van der Waals surface area contributed by atoms with Gasteiger partial charge in [-0.25, -0.2) is 4.79 Å². The van der Waals surface area contributed by atoms with Crippen LogP contribution in [0.25, 0.3) is 11.2 Å². The van der Waals surface area contributed by atoms with E-state index in [1.54, 1.807) is 11.6 Å². The van der Waals surface area contributed by atoms with Gasteiger partial charge >= 0.3 is 5.69 Å². The molecule has 0 saturated carbocycles. The number of fused-ring (bicyclic) bond motifs is 1. The number of ether oxygens (including phenoxy) is 1. The Balaban J connectivity index is 1.65. The number of aryl methyl sites for hydroxylation is 2. The summed E-state index contributed by atoms with van der Waals surface area (Å²) in [4.78, 5) is 36.3. The van der Waals surface area contributed by atoms with Crippen LogP contribution >= 0.6 is 0 Å². The molecule has 1 atom stereocenters. The number of rotatable bonds is 7. The molecule has 34 heavy (non-hydrogen) atoms. The van der Waals surface area contributed by atoms with E-state index in [0.717, 1.165) is 43.1 Å². The first kappa shape index (κ1) is 24.0. The molecule has 1 saturated heterocycles. The molecule has 10 nitrogen and oxygen atoms in total. The van der Waals surface area contributed by atoms with Crippen LogP contribution in [0.4, 0.5) is 5.95 Å². The number of piperazine rings is 1. The maximum Gasteiger partial charge on any atom is 0.329 e. The van der Waals surface area contributed by atoms with E-state index in [1.165, 1.54) is 4.57 Å². The first-order valence-corrected chi connectivity index (χ1v) is 11.7. The Hall–Kier alpha value is -3.11. The van der Waals surface area contributed by atoms with E-state index < -0.39 is 17.4 Å². The minimum Gasteiger partial charge on any atom is -0.491 e. The second-order valence-electron chi connectivity index (χ2n) is 9.46. The summed E-state index contributed by atoms with van der Waals surface area (Å²) in [5, 5.41) is 10.9. The van der Waals surface area contributed by atoms with Crippen LogP contribution < -0.4 is 20.9 Å².